The summed E-state index contributed by atoms with van der Waals surface area (Å²) in [5.41, 5.74) is 9.49. The summed E-state index contributed by atoms with van der Waals surface area (Å²) in [5.74, 6) is -2.06. The van der Waals surface area contributed by atoms with Crippen molar-refractivity contribution < 1.29 is 24.3 Å². The molecule has 200 valence electrons. The zero-order valence-electron chi connectivity index (χ0n) is 21.1. The Morgan fingerprint density at radius 3 is 2.58 bits per heavy atom. The monoisotopic (exact) mass is 521 g/mol. The normalized spacial score (nSPS) is 17.6. The quantitative estimate of drug-likeness (QED) is 0.343. The third-order valence-corrected chi connectivity index (χ3v) is 6.55. The first-order valence-electron chi connectivity index (χ1n) is 12.4. The Balaban J connectivity index is 1.33. The van der Waals surface area contributed by atoms with Gasteiger partial charge in [0.2, 0.25) is 11.8 Å². The number of nitrogens with zero attached hydrogens (tertiary/aromatic N) is 4. The molecule has 0 radical (unpaired) electrons. The van der Waals surface area contributed by atoms with Crippen LogP contribution in [-0.2, 0) is 27.5 Å². The predicted molar refractivity (Wildman–Crippen MR) is 139 cm³/mol. The maximum atomic E-state index is 12.7. The minimum Gasteiger partial charge on any atom is -0.480 e. The first-order valence-corrected chi connectivity index (χ1v) is 12.4. The molecule has 2 aromatic rings. The molecular weight excluding hydrogens is 490 g/mol. The molecule has 2 aliphatic rings. The molecule has 0 saturated carbocycles. The summed E-state index contributed by atoms with van der Waals surface area (Å²) in [6.45, 7) is 3.57. The number of nitrogens with two attached hydrogens (primary N) is 1. The highest BCUT2D eigenvalue weighted by molar-refractivity contribution is 6.06. The number of carboxylic acid groups (broad SMARTS) is 1. The lowest BCUT2D eigenvalue weighted by molar-refractivity contribution is -0.141. The number of amides is 4. The van der Waals surface area contributed by atoms with Gasteiger partial charge in [0, 0.05) is 50.1 Å². The van der Waals surface area contributed by atoms with Gasteiger partial charge in [-0.2, -0.15) is 5.10 Å². The topological polar surface area (TPSA) is 170 Å². The number of benzene rings is 1. The molecule has 0 fully saturated rings. The summed E-state index contributed by atoms with van der Waals surface area (Å²) in [5, 5.41) is 20.8. The van der Waals surface area contributed by atoms with E-state index in [9.17, 15) is 24.3 Å². The summed E-state index contributed by atoms with van der Waals surface area (Å²) in [6, 6.07) is 8.01. The average Bonchev–Trinajstić information content (AvgIpc) is 3.32. The van der Waals surface area contributed by atoms with Gasteiger partial charge < -0.3 is 26.4 Å². The zero-order chi connectivity index (χ0) is 27.2. The minimum atomic E-state index is -1.16. The van der Waals surface area contributed by atoms with E-state index in [1.807, 2.05) is 37.3 Å². The van der Waals surface area contributed by atoms with Gasteiger partial charge in [-0.1, -0.05) is 19.1 Å². The van der Waals surface area contributed by atoms with Gasteiger partial charge in [-0.25, -0.2) is 9.80 Å². The van der Waals surface area contributed by atoms with Crippen molar-refractivity contribution >= 4 is 35.2 Å². The largest absolute Gasteiger partial charge is 0.480 e. The molecule has 0 saturated heterocycles. The fraction of sp³-hybridized carbons (Fsp3) is 0.385. The van der Waals surface area contributed by atoms with Crippen LogP contribution in [0.1, 0.15) is 42.9 Å². The summed E-state index contributed by atoms with van der Waals surface area (Å²) in [6.07, 6.45) is 3.94. The van der Waals surface area contributed by atoms with Gasteiger partial charge >= 0.3 is 12.0 Å². The van der Waals surface area contributed by atoms with Crippen LogP contribution < -0.4 is 16.4 Å². The van der Waals surface area contributed by atoms with Crippen LogP contribution in [0.5, 0.6) is 0 Å². The Labute approximate surface area is 219 Å². The molecule has 1 aromatic heterocycles. The van der Waals surface area contributed by atoms with Crippen molar-refractivity contribution in [1.29, 1.82) is 0 Å². The number of rotatable bonds is 10. The zero-order valence-corrected chi connectivity index (χ0v) is 21.1. The number of fused-ring (bicyclic) bond motifs is 1. The van der Waals surface area contributed by atoms with Gasteiger partial charge in [-0.3, -0.25) is 19.4 Å². The van der Waals surface area contributed by atoms with Crippen molar-refractivity contribution in [2.24, 2.45) is 16.8 Å². The Morgan fingerprint density at radius 2 is 1.89 bits per heavy atom. The van der Waals surface area contributed by atoms with E-state index in [4.69, 9.17) is 5.73 Å². The maximum absolute atomic E-state index is 12.7. The predicted octanol–water partition coefficient (Wildman–Crippen LogP) is 1.51. The van der Waals surface area contributed by atoms with E-state index in [2.05, 4.69) is 20.7 Å². The second kappa shape index (κ2) is 11.8. The Kier molecular flexibility index (Phi) is 8.31. The lowest BCUT2D eigenvalue weighted by Gasteiger charge is -2.28. The molecule has 38 heavy (non-hydrogen) atoms. The molecule has 12 heteroatoms. The number of nitrogens with one attached hydrogen (secondary N) is 2. The first-order chi connectivity index (χ1) is 18.2. The van der Waals surface area contributed by atoms with Crippen LogP contribution in [-0.4, -0.2) is 68.7 Å². The van der Waals surface area contributed by atoms with Crippen molar-refractivity contribution in [3.63, 3.8) is 0 Å². The lowest BCUT2D eigenvalue weighted by atomic mass is 9.93. The van der Waals surface area contributed by atoms with Crippen molar-refractivity contribution in [3.8, 4) is 0 Å². The molecule has 0 bridgehead atoms. The van der Waals surface area contributed by atoms with Gasteiger partial charge in [-0.05, 0) is 47.9 Å². The number of anilines is 1. The molecule has 2 atom stereocenters. The minimum absolute atomic E-state index is 0.0824. The lowest BCUT2D eigenvalue weighted by Crippen LogP contribution is -2.42. The van der Waals surface area contributed by atoms with E-state index in [-0.39, 0.29) is 30.8 Å². The van der Waals surface area contributed by atoms with Crippen molar-refractivity contribution in [2.45, 2.75) is 45.3 Å². The summed E-state index contributed by atoms with van der Waals surface area (Å²) >= 11 is 0. The number of aliphatic carboxylic acids is 1. The average molecular weight is 522 g/mol. The summed E-state index contributed by atoms with van der Waals surface area (Å²) in [4.78, 5) is 53.4. The third-order valence-electron chi connectivity index (χ3n) is 6.55. The highest BCUT2D eigenvalue weighted by Gasteiger charge is 2.28. The van der Waals surface area contributed by atoms with Crippen LogP contribution in [0, 0.1) is 5.92 Å². The number of urea groups is 1. The Hall–Kier alpha value is -4.32. The van der Waals surface area contributed by atoms with E-state index < -0.39 is 17.9 Å². The van der Waals surface area contributed by atoms with Gasteiger partial charge in [0.05, 0.1) is 12.1 Å². The first kappa shape index (κ1) is 26.7. The Bertz CT molecular complexity index is 1220. The number of hydrogen-bond donors (Lipinski definition) is 4. The van der Waals surface area contributed by atoms with Crippen LogP contribution in [0.15, 0.2) is 47.8 Å². The van der Waals surface area contributed by atoms with Gasteiger partial charge in [0.25, 0.3) is 0 Å². The third kappa shape index (κ3) is 6.51. The number of carboxylic acids is 1. The Morgan fingerprint density at radius 1 is 1.16 bits per heavy atom. The van der Waals surface area contributed by atoms with Crippen LogP contribution in [0.3, 0.4) is 0 Å². The van der Waals surface area contributed by atoms with E-state index in [0.717, 1.165) is 22.4 Å². The highest BCUT2D eigenvalue weighted by atomic mass is 16.4. The molecule has 12 nitrogen and oxygen atoms in total. The molecular formula is C26H31N7O5. The fourth-order valence-corrected chi connectivity index (χ4v) is 4.51. The van der Waals surface area contributed by atoms with Crippen molar-refractivity contribution in [3.05, 3.63) is 59.4 Å². The highest BCUT2D eigenvalue weighted by Crippen LogP contribution is 2.24. The van der Waals surface area contributed by atoms with Crippen LogP contribution in [0.25, 0.3) is 0 Å². The van der Waals surface area contributed by atoms with E-state index >= 15 is 0 Å². The van der Waals surface area contributed by atoms with Gasteiger partial charge in [-0.15, -0.1) is 0 Å². The number of aromatic nitrogens is 1. The summed E-state index contributed by atoms with van der Waals surface area (Å²) in [7, 11) is 0. The number of pyridine rings is 1. The molecule has 1 unspecified atom stereocenters. The molecule has 2 aliphatic heterocycles. The number of hydrogen-bond acceptors (Lipinski definition) is 7. The second-order valence-electron chi connectivity index (χ2n) is 9.48. The van der Waals surface area contributed by atoms with E-state index in [1.54, 1.807) is 17.3 Å². The van der Waals surface area contributed by atoms with Crippen LogP contribution in [0.4, 0.5) is 10.5 Å². The number of carbonyl (C=O) groups excluding carboxylic acids is 3. The number of primary amides is 1. The fourth-order valence-electron chi connectivity index (χ4n) is 4.51. The maximum Gasteiger partial charge on any atom is 0.322 e. The molecule has 4 rings (SSSR count). The molecule has 0 aliphatic carbocycles. The van der Waals surface area contributed by atoms with E-state index in [0.29, 0.717) is 38.2 Å². The SMILES string of the molecule is CC1CC(=O)N(CCCN[C@@H](CC(N)=O)C(=O)O)N=C1c1ccc(NC(=O)N2Cc3ccncc3C2)cc1. The van der Waals surface area contributed by atoms with Gasteiger partial charge in [0.1, 0.15) is 6.04 Å². The molecule has 0 spiro atoms. The second-order valence-corrected chi connectivity index (χ2v) is 9.48. The molecule has 1 aromatic carbocycles. The van der Waals surface area contributed by atoms with Crippen LogP contribution in [0.2, 0.25) is 0 Å². The number of carbonyl (C=O) groups is 4. The number of hydrazone groups is 1. The standard InChI is InChI=1S/C26H31N7O5/c1-16-11-23(35)33(10-2-8-29-21(25(36)37)12-22(27)34)31-24(16)17-3-5-20(6-4-17)30-26(38)32-14-18-7-9-28-13-19(18)15-32/h3-7,9,13,16,21,29H,2,8,10-12,14-15H2,1H3,(H2,27,34)(H,30,38)(H,36,37)/t16?,21-/m0/s1. The van der Waals surface area contributed by atoms with Crippen LogP contribution >= 0.6 is 0 Å². The van der Waals surface area contributed by atoms with Crippen molar-refractivity contribution in [2.75, 3.05) is 18.4 Å². The summed E-state index contributed by atoms with van der Waals surface area (Å²) < 4.78 is 0. The molecule has 3 heterocycles. The van der Waals surface area contributed by atoms with Gasteiger partial charge in [0.15, 0.2) is 0 Å². The molecule has 5 N–H and O–H groups in total. The van der Waals surface area contributed by atoms with E-state index in [1.165, 1.54) is 5.01 Å². The van der Waals surface area contributed by atoms with Crippen molar-refractivity contribution in [1.82, 2.24) is 20.2 Å². The smallest absolute Gasteiger partial charge is 0.322 e. The molecule has 4 amide bonds.